The van der Waals surface area contributed by atoms with Crippen molar-refractivity contribution in [3.63, 3.8) is 0 Å². The van der Waals surface area contributed by atoms with E-state index in [0.29, 0.717) is 0 Å². The van der Waals surface area contributed by atoms with Crippen molar-refractivity contribution >= 4 is 0 Å². The molecule has 2 aromatic carbocycles. The first kappa shape index (κ1) is 18.5. The van der Waals surface area contributed by atoms with Gasteiger partial charge < -0.3 is 15.0 Å². The van der Waals surface area contributed by atoms with Gasteiger partial charge in [-0.1, -0.05) is 49.4 Å². The van der Waals surface area contributed by atoms with Gasteiger partial charge in [0.15, 0.2) is 0 Å². The van der Waals surface area contributed by atoms with E-state index in [1.54, 1.807) is 0 Å². The van der Waals surface area contributed by atoms with Gasteiger partial charge in [-0.2, -0.15) is 0 Å². The second-order valence-electron chi connectivity index (χ2n) is 6.25. The van der Waals surface area contributed by atoms with Gasteiger partial charge in [0.25, 0.3) is 0 Å². The van der Waals surface area contributed by atoms with Crippen molar-refractivity contribution in [3.05, 3.63) is 65.7 Å². The maximum Gasteiger partial charge on any atom is 0.119 e. The molecule has 0 bridgehead atoms. The third-order valence-electron chi connectivity index (χ3n) is 3.89. The van der Waals surface area contributed by atoms with E-state index in [1.807, 2.05) is 6.07 Å². The van der Waals surface area contributed by atoms with Gasteiger partial charge in [-0.05, 0) is 56.2 Å². The SMILES string of the molecule is CCCOc1cccc(CNCCCN(C)Cc2ccccc2)c1. The van der Waals surface area contributed by atoms with E-state index < -0.39 is 0 Å². The third kappa shape index (κ3) is 7.16. The van der Waals surface area contributed by atoms with Crippen molar-refractivity contribution < 1.29 is 4.74 Å². The minimum Gasteiger partial charge on any atom is -0.494 e. The number of rotatable bonds is 11. The zero-order valence-corrected chi connectivity index (χ0v) is 15.0. The molecule has 3 nitrogen and oxygen atoms in total. The van der Waals surface area contributed by atoms with Crippen molar-refractivity contribution in [1.82, 2.24) is 10.2 Å². The van der Waals surface area contributed by atoms with Gasteiger partial charge in [0.2, 0.25) is 0 Å². The summed E-state index contributed by atoms with van der Waals surface area (Å²) in [5, 5.41) is 3.52. The summed E-state index contributed by atoms with van der Waals surface area (Å²) in [4.78, 5) is 2.37. The van der Waals surface area contributed by atoms with Gasteiger partial charge >= 0.3 is 0 Å². The Balaban J connectivity index is 1.61. The summed E-state index contributed by atoms with van der Waals surface area (Å²) in [6.07, 6.45) is 2.19. The fourth-order valence-corrected chi connectivity index (χ4v) is 2.65. The van der Waals surface area contributed by atoms with Crippen LogP contribution < -0.4 is 10.1 Å². The van der Waals surface area contributed by atoms with Crippen LogP contribution in [0, 0.1) is 0 Å². The van der Waals surface area contributed by atoms with Gasteiger partial charge in [-0.15, -0.1) is 0 Å². The van der Waals surface area contributed by atoms with E-state index in [-0.39, 0.29) is 0 Å². The molecule has 0 aliphatic heterocycles. The molecule has 3 heteroatoms. The highest BCUT2D eigenvalue weighted by Gasteiger charge is 2.00. The molecule has 2 aromatic rings. The Kier molecular flexibility index (Phi) is 8.36. The summed E-state index contributed by atoms with van der Waals surface area (Å²) in [7, 11) is 2.18. The summed E-state index contributed by atoms with van der Waals surface area (Å²) < 4.78 is 5.68. The molecule has 0 aliphatic rings. The Hall–Kier alpha value is -1.84. The minimum absolute atomic E-state index is 0.782. The quantitative estimate of drug-likeness (QED) is 0.630. The third-order valence-corrected chi connectivity index (χ3v) is 3.89. The summed E-state index contributed by atoms with van der Waals surface area (Å²) in [6.45, 7) is 6.94. The van der Waals surface area contributed by atoms with Crippen molar-refractivity contribution in [2.24, 2.45) is 0 Å². The van der Waals surface area contributed by atoms with Crippen LogP contribution in [0.1, 0.15) is 30.9 Å². The average molecular weight is 326 g/mol. The normalized spacial score (nSPS) is 11.0. The topological polar surface area (TPSA) is 24.5 Å². The fourth-order valence-electron chi connectivity index (χ4n) is 2.65. The Morgan fingerprint density at radius 3 is 2.58 bits per heavy atom. The molecule has 0 aliphatic carbocycles. The molecule has 0 unspecified atom stereocenters. The summed E-state index contributed by atoms with van der Waals surface area (Å²) in [6, 6.07) is 19.0. The Morgan fingerprint density at radius 1 is 1.00 bits per heavy atom. The Labute approximate surface area is 146 Å². The Morgan fingerprint density at radius 2 is 1.79 bits per heavy atom. The number of benzene rings is 2. The Bertz CT molecular complexity index is 571. The van der Waals surface area contributed by atoms with E-state index >= 15 is 0 Å². The predicted molar refractivity (Wildman–Crippen MR) is 101 cm³/mol. The lowest BCUT2D eigenvalue weighted by atomic mass is 10.2. The maximum atomic E-state index is 5.68. The second-order valence-corrected chi connectivity index (χ2v) is 6.25. The fraction of sp³-hybridized carbons (Fsp3) is 0.429. The number of ether oxygens (including phenoxy) is 1. The smallest absolute Gasteiger partial charge is 0.119 e. The molecule has 24 heavy (non-hydrogen) atoms. The molecule has 0 saturated carbocycles. The van der Waals surface area contributed by atoms with Crippen LogP contribution in [0.25, 0.3) is 0 Å². The monoisotopic (exact) mass is 326 g/mol. The highest BCUT2D eigenvalue weighted by molar-refractivity contribution is 5.28. The summed E-state index contributed by atoms with van der Waals surface area (Å²) in [5.41, 5.74) is 2.65. The molecule has 0 fully saturated rings. The molecule has 0 amide bonds. The minimum atomic E-state index is 0.782. The van der Waals surface area contributed by atoms with Crippen LogP contribution in [-0.2, 0) is 13.1 Å². The zero-order valence-electron chi connectivity index (χ0n) is 15.0. The molecule has 0 heterocycles. The molecule has 0 aromatic heterocycles. The molecule has 0 atom stereocenters. The van der Waals surface area contributed by atoms with Crippen LogP contribution >= 0.6 is 0 Å². The molecule has 0 spiro atoms. The van der Waals surface area contributed by atoms with Crippen LogP contribution in [0.3, 0.4) is 0 Å². The lowest BCUT2D eigenvalue weighted by molar-refractivity contribution is 0.316. The van der Waals surface area contributed by atoms with E-state index in [4.69, 9.17) is 4.74 Å². The second kappa shape index (κ2) is 10.8. The molecular formula is C21H30N2O. The summed E-state index contributed by atoms with van der Waals surface area (Å²) >= 11 is 0. The van der Waals surface area contributed by atoms with Gasteiger partial charge in [-0.3, -0.25) is 0 Å². The number of hydrogen-bond acceptors (Lipinski definition) is 3. The van der Waals surface area contributed by atoms with Gasteiger partial charge in [0.1, 0.15) is 5.75 Å². The van der Waals surface area contributed by atoms with E-state index in [9.17, 15) is 0 Å². The van der Waals surface area contributed by atoms with Crippen molar-refractivity contribution in [2.45, 2.75) is 32.9 Å². The highest BCUT2D eigenvalue weighted by Crippen LogP contribution is 2.13. The zero-order chi connectivity index (χ0) is 17.0. The molecule has 0 radical (unpaired) electrons. The van der Waals surface area contributed by atoms with Gasteiger partial charge in [-0.25, -0.2) is 0 Å². The number of hydrogen-bond donors (Lipinski definition) is 1. The van der Waals surface area contributed by atoms with Crippen LogP contribution in [0.4, 0.5) is 0 Å². The van der Waals surface area contributed by atoms with Crippen LogP contribution in [0.5, 0.6) is 5.75 Å². The lowest BCUT2D eigenvalue weighted by Crippen LogP contribution is -2.23. The van der Waals surface area contributed by atoms with Crippen molar-refractivity contribution in [2.75, 3.05) is 26.7 Å². The van der Waals surface area contributed by atoms with E-state index in [0.717, 1.165) is 51.4 Å². The van der Waals surface area contributed by atoms with Crippen molar-refractivity contribution in [1.29, 1.82) is 0 Å². The number of nitrogens with zero attached hydrogens (tertiary/aromatic N) is 1. The maximum absolute atomic E-state index is 5.68. The number of nitrogens with one attached hydrogen (secondary N) is 1. The predicted octanol–water partition coefficient (Wildman–Crippen LogP) is 4.09. The van der Waals surface area contributed by atoms with Crippen molar-refractivity contribution in [3.8, 4) is 5.75 Å². The largest absolute Gasteiger partial charge is 0.494 e. The first-order valence-electron chi connectivity index (χ1n) is 8.93. The standard InChI is InChI=1S/C21H30N2O/c1-3-15-24-21-12-7-11-20(16-21)17-22-13-8-14-23(2)18-19-9-5-4-6-10-19/h4-7,9-12,16,22H,3,8,13-15,17-18H2,1-2H3. The van der Waals surface area contributed by atoms with E-state index in [1.165, 1.54) is 11.1 Å². The molecule has 1 N–H and O–H groups in total. The first-order valence-corrected chi connectivity index (χ1v) is 8.93. The van der Waals surface area contributed by atoms with Crippen LogP contribution in [-0.4, -0.2) is 31.6 Å². The van der Waals surface area contributed by atoms with Crippen LogP contribution in [0.15, 0.2) is 54.6 Å². The molecular weight excluding hydrogens is 296 g/mol. The molecule has 2 rings (SSSR count). The van der Waals surface area contributed by atoms with Gasteiger partial charge in [0.05, 0.1) is 6.61 Å². The molecule has 130 valence electrons. The van der Waals surface area contributed by atoms with Gasteiger partial charge in [0, 0.05) is 13.1 Å². The van der Waals surface area contributed by atoms with E-state index in [2.05, 4.69) is 72.7 Å². The summed E-state index contributed by atoms with van der Waals surface area (Å²) in [5.74, 6) is 0.971. The lowest BCUT2D eigenvalue weighted by Gasteiger charge is -2.16. The van der Waals surface area contributed by atoms with Crippen LogP contribution in [0.2, 0.25) is 0 Å². The average Bonchev–Trinajstić information content (AvgIpc) is 2.61. The highest BCUT2D eigenvalue weighted by atomic mass is 16.5. The molecule has 0 saturated heterocycles. The first-order chi connectivity index (χ1) is 11.8.